The fraction of sp³-hybridized carbons (Fsp3) is 1.00. The Bertz CT molecular complexity index is 149. The third kappa shape index (κ3) is 6.91. The van der Waals surface area contributed by atoms with E-state index in [-0.39, 0.29) is 0 Å². The number of methoxy groups -OCH3 is 1. The molecule has 0 aliphatic rings. The molecule has 0 aromatic heterocycles. The van der Waals surface area contributed by atoms with Gasteiger partial charge in [-0.2, -0.15) is 0 Å². The molecule has 0 spiro atoms. The van der Waals surface area contributed by atoms with E-state index >= 15 is 0 Å². The van der Waals surface area contributed by atoms with E-state index in [0.717, 1.165) is 25.6 Å². The first-order valence-corrected chi connectivity index (χ1v) is 6.27. The van der Waals surface area contributed by atoms with E-state index in [2.05, 4.69) is 33.0 Å². The molecule has 0 aliphatic heterocycles. The summed E-state index contributed by atoms with van der Waals surface area (Å²) in [5.74, 6) is 0.833. The molecule has 2 atom stereocenters. The van der Waals surface area contributed by atoms with Gasteiger partial charge < -0.3 is 10.1 Å². The molecule has 0 rings (SSSR count). The van der Waals surface area contributed by atoms with Gasteiger partial charge in [0, 0.05) is 20.2 Å². The summed E-state index contributed by atoms with van der Waals surface area (Å²) >= 11 is 0. The number of hydrogen-bond acceptors (Lipinski definition) is 2. The number of nitrogens with one attached hydrogen (secondary N) is 1. The first-order valence-electron chi connectivity index (χ1n) is 6.27. The Balaban J connectivity index is 3.85. The Morgan fingerprint density at radius 2 is 2.00 bits per heavy atom. The Labute approximate surface area is 95.8 Å². The van der Waals surface area contributed by atoms with Crippen molar-refractivity contribution in [1.29, 1.82) is 0 Å². The average molecular weight is 215 g/mol. The maximum atomic E-state index is 5.03. The molecule has 0 aromatic carbocycles. The molecule has 2 heteroatoms. The summed E-state index contributed by atoms with van der Waals surface area (Å²) in [6.07, 6.45) is 3.85. The fourth-order valence-electron chi connectivity index (χ4n) is 1.89. The van der Waals surface area contributed by atoms with Gasteiger partial charge in [0.2, 0.25) is 0 Å². The SMILES string of the molecule is CCC(C)CC(C)(CC)CNCCOC. The number of ether oxygens (including phenoxy) is 1. The van der Waals surface area contributed by atoms with Gasteiger partial charge in [-0.15, -0.1) is 0 Å². The zero-order valence-electron chi connectivity index (χ0n) is 11.2. The predicted molar refractivity (Wildman–Crippen MR) is 67.2 cm³/mol. The van der Waals surface area contributed by atoms with Crippen LogP contribution in [0.15, 0.2) is 0 Å². The molecule has 0 aromatic rings. The number of hydrogen-bond donors (Lipinski definition) is 1. The van der Waals surface area contributed by atoms with Gasteiger partial charge >= 0.3 is 0 Å². The highest BCUT2D eigenvalue weighted by Crippen LogP contribution is 2.30. The zero-order chi connectivity index (χ0) is 11.7. The largest absolute Gasteiger partial charge is 0.383 e. The third-order valence-corrected chi connectivity index (χ3v) is 3.43. The minimum absolute atomic E-state index is 0.448. The van der Waals surface area contributed by atoms with Crippen molar-refractivity contribution >= 4 is 0 Å². The summed E-state index contributed by atoms with van der Waals surface area (Å²) in [6.45, 7) is 12.2. The summed E-state index contributed by atoms with van der Waals surface area (Å²) in [4.78, 5) is 0. The summed E-state index contributed by atoms with van der Waals surface area (Å²) in [5.41, 5.74) is 0.448. The lowest BCUT2D eigenvalue weighted by molar-refractivity contribution is 0.182. The lowest BCUT2D eigenvalue weighted by atomic mass is 9.78. The van der Waals surface area contributed by atoms with Gasteiger partial charge in [0.25, 0.3) is 0 Å². The molecule has 15 heavy (non-hydrogen) atoms. The van der Waals surface area contributed by atoms with Crippen LogP contribution in [0.1, 0.15) is 47.0 Å². The minimum Gasteiger partial charge on any atom is -0.383 e. The molecule has 0 fully saturated rings. The lowest BCUT2D eigenvalue weighted by Gasteiger charge is -2.31. The third-order valence-electron chi connectivity index (χ3n) is 3.43. The highest BCUT2D eigenvalue weighted by Gasteiger charge is 2.23. The molecule has 0 amide bonds. The second kappa shape index (κ2) is 8.12. The van der Waals surface area contributed by atoms with Crippen molar-refractivity contribution in [2.24, 2.45) is 11.3 Å². The van der Waals surface area contributed by atoms with Crippen LogP contribution in [-0.4, -0.2) is 26.8 Å². The second-order valence-corrected chi connectivity index (χ2v) is 5.05. The molecule has 1 N–H and O–H groups in total. The van der Waals surface area contributed by atoms with E-state index < -0.39 is 0 Å². The van der Waals surface area contributed by atoms with Crippen LogP contribution in [0.5, 0.6) is 0 Å². The Morgan fingerprint density at radius 1 is 1.33 bits per heavy atom. The van der Waals surface area contributed by atoms with Gasteiger partial charge in [-0.1, -0.05) is 34.1 Å². The molecule has 0 saturated heterocycles. The van der Waals surface area contributed by atoms with Crippen LogP contribution in [0.4, 0.5) is 0 Å². The van der Waals surface area contributed by atoms with Gasteiger partial charge in [0.05, 0.1) is 6.61 Å². The van der Waals surface area contributed by atoms with Crippen LogP contribution in [0, 0.1) is 11.3 Å². The summed E-state index contributed by atoms with van der Waals surface area (Å²) in [7, 11) is 1.75. The highest BCUT2D eigenvalue weighted by atomic mass is 16.5. The molecule has 0 radical (unpaired) electrons. The molecular formula is C13H29NO. The Hall–Kier alpha value is -0.0800. The van der Waals surface area contributed by atoms with E-state index in [0.29, 0.717) is 5.41 Å². The number of rotatable bonds is 9. The van der Waals surface area contributed by atoms with Gasteiger partial charge in [-0.3, -0.25) is 0 Å². The van der Waals surface area contributed by atoms with Gasteiger partial charge in [-0.05, 0) is 24.2 Å². The zero-order valence-corrected chi connectivity index (χ0v) is 11.2. The van der Waals surface area contributed by atoms with Gasteiger partial charge in [0.1, 0.15) is 0 Å². The van der Waals surface area contributed by atoms with Gasteiger partial charge in [0.15, 0.2) is 0 Å². The normalized spacial score (nSPS) is 17.4. The first-order chi connectivity index (χ1) is 7.08. The molecule has 2 nitrogen and oxygen atoms in total. The molecule has 0 heterocycles. The lowest BCUT2D eigenvalue weighted by Crippen LogP contribution is -2.34. The van der Waals surface area contributed by atoms with E-state index in [9.17, 15) is 0 Å². The van der Waals surface area contributed by atoms with Crippen molar-refractivity contribution in [3.8, 4) is 0 Å². The second-order valence-electron chi connectivity index (χ2n) is 5.05. The van der Waals surface area contributed by atoms with Crippen LogP contribution in [0.25, 0.3) is 0 Å². The highest BCUT2D eigenvalue weighted by molar-refractivity contribution is 4.77. The monoisotopic (exact) mass is 215 g/mol. The average Bonchev–Trinajstić information content (AvgIpc) is 2.24. The topological polar surface area (TPSA) is 21.3 Å². The summed E-state index contributed by atoms with van der Waals surface area (Å²) in [6, 6.07) is 0. The smallest absolute Gasteiger partial charge is 0.0587 e. The maximum absolute atomic E-state index is 5.03. The van der Waals surface area contributed by atoms with E-state index in [1.807, 2.05) is 0 Å². The van der Waals surface area contributed by atoms with Crippen LogP contribution in [0.3, 0.4) is 0 Å². The molecule has 0 aliphatic carbocycles. The van der Waals surface area contributed by atoms with Crippen LogP contribution >= 0.6 is 0 Å². The Kier molecular flexibility index (Phi) is 8.07. The molecule has 92 valence electrons. The van der Waals surface area contributed by atoms with Crippen molar-refractivity contribution < 1.29 is 4.74 Å². The predicted octanol–water partition coefficient (Wildman–Crippen LogP) is 3.07. The van der Waals surface area contributed by atoms with Crippen LogP contribution in [-0.2, 0) is 4.74 Å². The molecular weight excluding hydrogens is 186 g/mol. The van der Waals surface area contributed by atoms with Crippen molar-refractivity contribution in [1.82, 2.24) is 5.32 Å². The summed E-state index contributed by atoms with van der Waals surface area (Å²) in [5, 5.41) is 3.48. The van der Waals surface area contributed by atoms with Crippen molar-refractivity contribution in [3.63, 3.8) is 0 Å². The fourth-order valence-corrected chi connectivity index (χ4v) is 1.89. The van der Waals surface area contributed by atoms with Gasteiger partial charge in [-0.25, -0.2) is 0 Å². The standard InChI is InChI=1S/C13H29NO/c1-6-12(3)10-13(4,7-2)11-14-8-9-15-5/h12,14H,6-11H2,1-5H3. The Morgan fingerprint density at radius 3 is 2.47 bits per heavy atom. The molecule has 2 unspecified atom stereocenters. The van der Waals surface area contributed by atoms with E-state index in [4.69, 9.17) is 4.74 Å². The van der Waals surface area contributed by atoms with Crippen LogP contribution < -0.4 is 5.32 Å². The quantitative estimate of drug-likeness (QED) is 0.597. The van der Waals surface area contributed by atoms with Crippen LogP contribution in [0.2, 0.25) is 0 Å². The van der Waals surface area contributed by atoms with Crippen molar-refractivity contribution in [3.05, 3.63) is 0 Å². The van der Waals surface area contributed by atoms with E-state index in [1.54, 1.807) is 7.11 Å². The van der Waals surface area contributed by atoms with Crippen molar-refractivity contribution in [2.75, 3.05) is 26.8 Å². The molecule has 0 saturated carbocycles. The minimum atomic E-state index is 0.448. The first kappa shape index (κ1) is 14.9. The summed E-state index contributed by atoms with van der Waals surface area (Å²) < 4.78 is 5.03. The molecule has 0 bridgehead atoms. The van der Waals surface area contributed by atoms with Crippen molar-refractivity contribution in [2.45, 2.75) is 47.0 Å². The maximum Gasteiger partial charge on any atom is 0.0587 e. The van der Waals surface area contributed by atoms with E-state index in [1.165, 1.54) is 19.3 Å².